The highest BCUT2D eigenvalue weighted by atomic mass is 15.1. The van der Waals surface area contributed by atoms with Crippen LogP contribution >= 0.6 is 0 Å². The predicted octanol–water partition coefficient (Wildman–Crippen LogP) is 4.06. The Kier molecular flexibility index (Phi) is 9.54. The van der Waals surface area contributed by atoms with E-state index in [9.17, 15) is 0 Å². The van der Waals surface area contributed by atoms with Crippen LogP contribution in [0.15, 0.2) is 0 Å². The molecule has 1 rings (SSSR count). The second kappa shape index (κ2) is 10.7. The van der Waals surface area contributed by atoms with Crippen LogP contribution in [-0.4, -0.2) is 37.1 Å². The van der Waals surface area contributed by atoms with E-state index in [2.05, 4.69) is 31.0 Å². The summed E-state index contributed by atoms with van der Waals surface area (Å²) in [5.41, 5.74) is 0. The van der Waals surface area contributed by atoms with Crippen molar-refractivity contribution in [3.8, 4) is 0 Å². The van der Waals surface area contributed by atoms with Crippen molar-refractivity contribution < 1.29 is 0 Å². The van der Waals surface area contributed by atoms with Crippen molar-refractivity contribution in [3.63, 3.8) is 0 Å². The van der Waals surface area contributed by atoms with Crippen LogP contribution in [0.4, 0.5) is 0 Å². The van der Waals surface area contributed by atoms with Crippen LogP contribution in [0.5, 0.6) is 0 Å². The number of hydrogen-bond acceptors (Lipinski definition) is 2. The zero-order valence-electron chi connectivity index (χ0n) is 13.6. The van der Waals surface area contributed by atoms with Crippen LogP contribution in [0.25, 0.3) is 0 Å². The van der Waals surface area contributed by atoms with E-state index in [1.807, 2.05) is 0 Å². The van der Waals surface area contributed by atoms with E-state index in [4.69, 9.17) is 0 Å². The first-order valence-corrected chi connectivity index (χ1v) is 8.68. The van der Waals surface area contributed by atoms with Gasteiger partial charge >= 0.3 is 0 Å². The molecule has 0 amide bonds. The molecule has 2 heteroatoms. The standard InChI is InChI=1S/C17H36N2/c1-4-5-6-7-8-9-13-19(16(2)3)15-17-11-10-12-18-14-17/h16-18H,4-15H2,1-3H3. The van der Waals surface area contributed by atoms with Crippen LogP contribution in [0.3, 0.4) is 0 Å². The Morgan fingerprint density at radius 1 is 1.11 bits per heavy atom. The Hall–Kier alpha value is -0.0800. The number of unbranched alkanes of at least 4 members (excludes halogenated alkanes) is 5. The summed E-state index contributed by atoms with van der Waals surface area (Å²) in [4.78, 5) is 2.71. The van der Waals surface area contributed by atoms with Gasteiger partial charge in [-0.25, -0.2) is 0 Å². The minimum Gasteiger partial charge on any atom is -0.316 e. The lowest BCUT2D eigenvalue weighted by Crippen LogP contribution is -2.41. The molecule has 0 aliphatic carbocycles. The second-order valence-corrected chi connectivity index (χ2v) is 6.57. The molecule has 1 aliphatic heterocycles. The molecule has 114 valence electrons. The molecule has 1 saturated heterocycles. The normalized spacial score (nSPS) is 20.4. The van der Waals surface area contributed by atoms with Gasteiger partial charge < -0.3 is 10.2 Å². The predicted molar refractivity (Wildman–Crippen MR) is 85.7 cm³/mol. The van der Waals surface area contributed by atoms with E-state index >= 15 is 0 Å². The number of hydrogen-bond donors (Lipinski definition) is 1. The first kappa shape index (κ1) is 17.0. The van der Waals surface area contributed by atoms with Crippen molar-refractivity contribution in [1.82, 2.24) is 10.2 Å². The third kappa shape index (κ3) is 7.94. The Balaban J connectivity index is 2.13. The monoisotopic (exact) mass is 268 g/mol. The van der Waals surface area contributed by atoms with E-state index in [1.54, 1.807) is 0 Å². The van der Waals surface area contributed by atoms with Gasteiger partial charge in [-0.2, -0.15) is 0 Å². The lowest BCUT2D eigenvalue weighted by atomic mass is 9.98. The highest BCUT2D eigenvalue weighted by molar-refractivity contribution is 4.74. The average molecular weight is 268 g/mol. The first-order chi connectivity index (χ1) is 9.24. The number of piperidine rings is 1. The lowest BCUT2D eigenvalue weighted by Gasteiger charge is -2.32. The average Bonchev–Trinajstić information content (AvgIpc) is 2.42. The molecule has 1 fully saturated rings. The largest absolute Gasteiger partial charge is 0.316 e. The van der Waals surface area contributed by atoms with Crippen molar-refractivity contribution in [1.29, 1.82) is 0 Å². The van der Waals surface area contributed by atoms with Crippen LogP contribution in [0.1, 0.15) is 72.1 Å². The third-order valence-electron chi connectivity index (χ3n) is 4.42. The molecule has 0 aromatic rings. The molecule has 0 saturated carbocycles. The van der Waals surface area contributed by atoms with Gasteiger partial charge in [0.25, 0.3) is 0 Å². The molecule has 0 aromatic carbocycles. The van der Waals surface area contributed by atoms with E-state index in [-0.39, 0.29) is 0 Å². The van der Waals surface area contributed by atoms with Crippen LogP contribution in [-0.2, 0) is 0 Å². The minimum atomic E-state index is 0.706. The van der Waals surface area contributed by atoms with Gasteiger partial charge in [-0.1, -0.05) is 39.0 Å². The van der Waals surface area contributed by atoms with Gasteiger partial charge in [0.1, 0.15) is 0 Å². The molecule has 0 bridgehead atoms. The Morgan fingerprint density at radius 2 is 1.84 bits per heavy atom. The fourth-order valence-corrected chi connectivity index (χ4v) is 3.07. The molecular formula is C17H36N2. The molecule has 19 heavy (non-hydrogen) atoms. The number of nitrogens with one attached hydrogen (secondary N) is 1. The Labute approximate surface area is 121 Å². The molecule has 1 aliphatic rings. The topological polar surface area (TPSA) is 15.3 Å². The van der Waals surface area contributed by atoms with Gasteiger partial charge in [0.05, 0.1) is 0 Å². The molecular weight excluding hydrogens is 232 g/mol. The SMILES string of the molecule is CCCCCCCCN(CC1CCCNC1)C(C)C. The van der Waals surface area contributed by atoms with Crippen molar-refractivity contribution in [2.75, 3.05) is 26.2 Å². The zero-order chi connectivity index (χ0) is 13.9. The summed E-state index contributed by atoms with van der Waals surface area (Å²) in [6.07, 6.45) is 11.2. The Morgan fingerprint density at radius 3 is 2.47 bits per heavy atom. The van der Waals surface area contributed by atoms with Gasteiger partial charge in [-0.15, -0.1) is 0 Å². The van der Waals surface area contributed by atoms with Crippen LogP contribution < -0.4 is 5.32 Å². The smallest absolute Gasteiger partial charge is 0.00387 e. The molecule has 1 atom stereocenters. The molecule has 2 nitrogen and oxygen atoms in total. The lowest BCUT2D eigenvalue weighted by molar-refractivity contribution is 0.168. The molecule has 0 spiro atoms. The summed E-state index contributed by atoms with van der Waals surface area (Å²) >= 11 is 0. The summed E-state index contributed by atoms with van der Waals surface area (Å²) in [5, 5.41) is 3.54. The van der Waals surface area contributed by atoms with Crippen LogP contribution in [0.2, 0.25) is 0 Å². The quantitative estimate of drug-likeness (QED) is 0.601. The van der Waals surface area contributed by atoms with Crippen molar-refractivity contribution in [3.05, 3.63) is 0 Å². The molecule has 0 aromatic heterocycles. The minimum absolute atomic E-state index is 0.706. The van der Waals surface area contributed by atoms with Gasteiger partial charge in [-0.05, 0) is 58.7 Å². The first-order valence-electron chi connectivity index (χ1n) is 8.68. The Bertz CT molecular complexity index is 197. The van der Waals surface area contributed by atoms with E-state index in [0.29, 0.717) is 6.04 Å². The maximum atomic E-state index is 3.54. The summed E-state index contributed by atoms with van der Waals surface area (Å²) in [6.45, 7) is 12.1. The molecule has 1 N–H and O–H groups in total. The maximum Gasteiger partial charge on any atom is 0.00387 e. The van der Waals surface area contributed by atoms with Gasteiger partial charge in [0.15, 0.2) is 0 Å². The zero-order valence-corrected chi connectivity index (χ0v) is 13.6. The molecule has 0 radical (unpaired) electrons. The summed E-state index contributed by atoms with van der Waals surface area (Å²) in [6, 6.07) is 0.706. The molecule has 1 heterocycles. The summed E-state index contributed by atoms with van der Waals surface area (Å²) in [5.74, 6) is 0.885. The summed E-state index contributed by atoms with van der Waals surface area (Å²) in [7, 11) is 0. The summed E-state index contributed by atoms with van der Waals surface area (Å²) < 4.78 is 0. The van der Waals surface area contributed by atoms with E-state index < -0.39 is 0 Å². The van der Waals surface area contributed by atoms with Crippen molar-refractivity contribution >= 4 is 0 Å². The number of nitrogens with zero attached hydrogens (tertiary/aromatic N) is 1. The van der Waals surface area contributed by atoms with Gasteiger partial charge in [0.2, 0.25) is 0 Å². The number of rotatable bonds is 10. The third-order valence-corrected chi connectivity index (χ3v) is 4.42. The fourth-order valence-electron chi connectivity index (χ4n) is 3.07. The van der Waals surface area contributed by atoms with E-state index in [1.165, 1.54) is 77.5 Å². The highest BCUT2D eigenvalue weighted by Crippen LogP contribution is 2.15. The van der Waals surface area contributed by atoms with Crippen LogP contribution in [0, 0.1) is 5.92 Å². The van der Waals surface area contributed by atoms with E-state index in [0.717, 1.165) is 5.92 Å². The second-order valence-electron chi connectivity index (χ2n) is 6.57. The fraction of sp³-hybridized carbons (Fsp3) is 1.00. The van der Waals surface area contributed by atoms with Gasteiger partial charge in [0, 0.05) is 12.6 Å². The highest BCUT2D eigenvalue weighted by Gasteiger charge is 2.18. The van der Waals surface area contributed by atoms with Crippen molar-refractivity contribution in [2.45, 2.75) is 78.2 Å². The maximum absolute atomic E-state index is 3.54. The molecule has 1 unspecified atom stereocenters. The van der Waals surface area contributed by atoms with Crippen molar-refractivity contribution in [2.24, 2.45) is 5.92 Å². The van der Waals surface area contributed by atoms with Gasteiger partial charge in [-0.3, -0.25) is 0 Å².